The van der Waals surface area contributed by atoms with Crippen LogP contribution in [0.3, 0.4) is 0 Å². The number of benzene rings is 2. The SMILES string of the molecule is Clc1ccc(CCC(Cn2ccnc2)Oc2ccc(Cl)cc2Cl)cc1. The first-order valence-corrected chi connectivity index (χ1v) is 9.05. The molecule has 0 fully saturated rings. The number of rotatable bonds is 7. The summed E-state index contributed by atoms with van der Waals surface area (Å²) in [5, 5.41) is 1.84. The van der Waals surface area contributed by atoms with Crippen molar-refractivity contribution in [2.75, 3.05) is 0 Å². The Labute approximate surface area is 162 Å². The molecule has 3 nitrogen and oxygen atoms in total. The van der Waals surface area contributed by atoms with Gasteiger partial charge in [0.1, 0.15) is 11.9 Å². The van der Waals surface area contributed by atoms with E-state index in [1.54, 1.807) is 30.7 Å². The molecular formula is C19H17Cl3N2O. The molecule has 1 heterocycles. The zero-order valence-electron chi connectivity index (χ0n) is 13.4. The lowest BCUT2D eigenvalue weighted by molar-refractivity contribution is 0.170. The Balaban J connectivity index is 1.71. The molecule has 0 aliphatic heterocycles. The maximum atomic E-state index is 6.25. The summed E-state index contributed by atoms with van der Waals surface area (Å²) in [6.45, 7) is 0.687. The van der Waals surface area contributed by atoms with E-state index in [2.05, 4.69) is 4.98 Å². The van der Waals surface area contributed by atoms with Crippen LogP contribution < -0.4 is 4.74 Å². The highest BCUT2D eigenvalue weighted by Crippen LogP contribution is 2.29. The third kappa shape index (κ3) is 5.40. The largest absolute Gasteiger partial charge is 0.487 e. The van der Waals surface area contributed by atoms with Gasteiger partial charge >= 0.3 is 0 Å². The monoisotopic (exact) mass is 394 g/mol. The maximum Gasteiger partial charge on any atom is 0.138 e. The highest BCUT2D eigenvalue weighted by molar-refractivity contribution is 6.35. The molecule has 1 unspecified atom stereocenters. The summed E-state index contributed by atoms with van der Waals surface area (Å²) < 4.78 is 8.15. The predicted octanol–water partition coefficient (Wildman–Crippen LogP) is 5.92. The van der Waals surface area contributed by atoms with Crippen LogP contribution in [0.5, 0.6) is 5.75 Å². The van der Waals surface area contributed by atoms with Crippen LogP contribution in [0.4, 0.5) is 0 Å². The third-order valence-corrected chi connectivity index (χ3v) is 4.61. The summed E-state index contributed by atoms with van der Waals surface area (Å²) in [5.41, 5.74) is 1.21. The van der Waals surface area contributed by atoms with Crippen LogP contribution in [0.15, 0.2) is 61.2 Å². The number of nitrogens with zero attached hydrogens (tertiary/aromatic N) is 2. The molecule has 1 aromatic heterocycles. The van der Waals surface area contributed by atoms with Gasteiger partial charge in [-0.15, -0.1) is 0 Å². The van der Waals surface area contributed by atoms with Crippen molar-refractivity contribution in [1.82, 2.24) is 9.55 Å². The van der Waals surface area contributed by atoms with Gasteiger partial charge in [0, 0.05) is 22.4 Å². The second-order valence-corrected chi connectivity index (χ2v) is 7.02. The second kappa shape index (κ2) is 8.61. The molecule has 0 N–H and O–H groups in total. The maximum absolute atomic E-state index is 6.25. The Morgan fingerprint density at radius 1 is 1.00 bits per heavy atom. The third-order valence-electron chi connectivity index (χ3n) is 3.83. The average molecular weight is 396 g/mol. The summed E-state index contributed by atoms with van der Waals surface area (Å²) in [4.78, 5) is 4.09. The molecule has 0 saturated carbocycles. The molecule has 0 aliphatic carbocycles. The highest BCUT2D eigenvalue weighted by atomic mass is 35.5. The van der Waals surface area contributed by atoms with Gasteiger partial charge in [0.05, 0.1) is 17.9 Å². The van der Waals surface area contributed by atoms with Crippen LogP contribution in [0.2, 0.25) is 15.1 Å². The Morgan fingerprint density at radius 3 is 2.44 bits per heavy atom. The summed E-state index contributed by atoms with van der Waals surface area (Å²) in [5.74, 6) is 0.632. The molecule has 1 atom stereocenters. The van der Waals surface area contributed by atoms with Gasteiger partial charge in [-0.05, 0) is 48.7 Å². The molecule has 0 radical (unpaired) electrons. The van der Waals surface area contributed by atoms with Crippen LogP contribution in [0.25, 0.3) is 0 Å². The van der Waals surface area contributed by atoms with Gasteiger partial charge in [0.25, 0.3) is 0 Å². The van der Waals surface area contributed by atoms with Crippen LogP contribution in [-0.4, -0.2) is 15.7 Å². The molecule has 6 heteroatoms. The van der Waals surface area contributed by atoms with Crippen molar-refractivity contribution in [2.24, 2.45) is 0 Å². The van der Waals surface area contributed by atoms with Gasteiger partial charge in [-0.3, -0.25) is 0 Å². The smallest absolute Gasteiger partial charge is 0.138 e. The molecule has 0 saturated heterocycles. The van der Waals surface area contributed by atoms with Crippen molar-refractivity contribution in [1.29, 1.82) is 0 Å². The number of aryl methyl sites for hydroxylation is 1. The fraction of sp³-hybridized carbons (Fsp3) is 0.211. The first-order chi connectivity index (χ1) is 12.1. The Hall–Kier alpha value is -1.68. The normalized spacial score (nSPS) is 12.1. The van der Waals surface area contributed by atoms with Crippen molar-refractivity contribution >= 4 is 34.8 Å². The lowest BCUT2D eigenvalue weighted by Gasteiger charge is -2.20. The van der Waals surface area contributed by atoms with Crippen molar-refractivity contribution in [3.8, 4) is 5.75 Å². The summed E-state index contributed by atoms with van der Waals surface area (Å²) in [7, 11) is 0. The number of hydrogen-bond donors (Lipinski definition) is 0. The Kier molecular flexibility index (Phi) is 6.24. The number of hydrogen-bond acceptors (Lipinski definition) is 2. The predicted molar refractivity (Wildman–Crippen MR) is 103 cm³/mol. The zero-order chi connectivity index (χ0) is 17.6. The molecule has 0 aliphatic rings. The minimum Gasteiger partial charge on any atom is -0.487 e. The molecule has 2 aromatic carbocycles. The second-order valence-electron chi connectivity index (χ2n) is 5.74. The van der Waals surface area contributed by atoms with Crippen LogP contribution in [-0.2, 0) is 13.0 Å². The van der Waals surface area contributed by atoms with Gasteiger partial charge in [0.2, 0.25) is 0 Å². The molecule has 0 amide bonds. The molecule has 3 rings (SSSR count). The van der Waals surface area contributed by atoms with E-state index in [9.17, 15) is 0 Å². The first kappa shape index (κ1) is 18.1. The summed E-state index contributed by atoms with van der Waals surface area (Å²) in [6, 6.07) is 13.1. The van der Waals surface area contributed by atoms with E-state index in [1.165, 1.54) is 5.56 Å². The molecular weight excluding hydrogens is 379 g/mol. The number of imidazole rings is 1. The van der Waals surface area contributed by atoms with Gasteiger partial charge in [0.15, 0.2) is 0 Å². The van der Waals surface area contributed by atoms with E-state index in [0.29, 0.717) is 22.3 Å². The quantitative estimate of drug-likeness (QED) is 0.496. The number of ether oxygens (including phenoxy) is 1. The zero-order valence-corrected chi connectivity index (χ0v) is 15.7. The van der Waals surface area contributed by atoms with E-state index < -0.39 is 0 Å². The van der Waals surface area contributed by atoms with E-state index >= 15 is 0 Å². The fourth-order valence-corrected chi connectivity index (χ4v) is 3.13. The average Bonchev–Trinajstić information content (AvgIpc) is 3.09. The van der Waals surface area contributed by atoms with Crippen molar-refractivity contribution in [3.63, 3.8) is 0 Å². The molecule has 25 heavy (non-hydrogen) atoms. The van der Waals surface area contributed by atoms with Crippen molar-refractivity contribution in [2.45, 2.75) is 25.5 Å². The Morgan fingerprint density at radius 2 is 1.76 bits per heavy atom. The minimum atomic E-state index is -0.0523. The van der Waals surface area contributed by atoms with Gasteiger partial charge in [-0.25, -0.2) is 4.98 Å². The van der Waals surface area contributed by atoms with Crippen molar-refractivity contribution < 1.29 is 4.74 Å². The van der Waals surface area contributed by atoms with Gasteiger partial charge in [-0.1, -0.05) is 46.9 Å². The Bertz CT molecular complexity index is 804. The van der Waals surface area contributed by atoms with E-state index in [0.717, 1.165) is 17.9 Å². The van der Waals surface area contributed by atoms with E-state index in [-0.39, 0.29) is 6.10 Å². The fourth-order valence-electron chi connectivity index (χ4n) is 2.55. The molecule has 0 bridgehead atoms. The molecule has 0 spiro atoms. The van der Waals surface area contributed by atoms with Crippen LogP contribution in [0, 0.1) is 0 Å². The highest BCUT2D eigenvalue weighted by Gasteiger charge is 2.14. The number of aromatic nitrogens is 2. The standard InChI is InChI=1S/C19H17Cl3N2O/c20-15-4-1-14(2-5-15)3-7-17(12-24-10-9-23-13-24)25-19-8-6-16(21)11-18(19)22/h1-2,4-6,8-11,13,17H,3,7,12H2. The lowest BCUT2D eigenvalue weighted by Crippen LogP contribution is -2.23. The summed E-state index contributed by atoms with van der Waals surface area (Å²) in [6.07, 6.45) is 7.11. The lowest BCUT2D eigenvalue weighted by atomic mass is 10.1. The minimum absolute atomic E-state index is 0.0523. The van der Waals surface area contributed by atoms with E-state index in [4.69, 9.17) is 39.5 Å². The van der Waals surface area contributed by atoms with Gasteiger partial charge in [-0.2, -0.15) is 0 Å². The summed E-state index contributed by atoms with van der Waals surface area (Å²) >= 11 is 18.2. The van der Waals surface area contributed by atoms with Crippen LogP contribution in [0.1, 0.15) is 12.0 Å². The van der Waals surface area contributed by atoms with Gasteiger partial charge < -0.3 is 9.30 Å². The first-order valence-electron chi connectivity index (χ1n) is 7.92. The van der Waals surface area contributed by atoms with E-state index in [1.807, 2.05) is 35.0 Å². The molecule has 130 valence electrons. The number of halogens is 3. The topological polar surface area (TPSA) is 27.1 Å². The molecule has 3 aromatic rings. The van der Waals surface area contributed by atoms with Crippen LogP contribution >= 0.6 is 34.8 Å². The van der Waals surface area contributed by atoms with Crippen molar-refractivity contribution in [3.05, 3.63) is 81.8 Å².